The summed E-state index contributed by atoms with van der Waals surface area (Å²) in [5.74, 6) is 0.000307. The third-order valence-corrected chi connectivity index (χ3v) is 7.68. The summed E-state index contributed by atoms with van der Waals surface area (Å²) < 4.78 is 45.5. The molecule has 8 nitrogen and oxygen atoms in total. The molecular formula is C29H37F3N4O4. The second kappa shape index (κ2) is 12.0. The molecule has 2 fully saturated rings. The van der Waals surface area contributed by atoms with Crippen LogP contribution in [0, 0.1) is 10.1 Å². The Bertz CT molecular complexity index is 1180. The second-order valence-corrected chi connectivity index (χ2v) is 11.5. The highest BCUT2D eigenvalue weighted by molar-refractivity contribution is 5.76. The lowest BCUT2D eigenvalue weighted by Gasteiger charge is -2.37. The minimum Gasteiger partial charge on any atom is -0.490 e. The monoisotopic (exact) mass is 562 g/mol. The van der Waals surface area contributed by atoms with Crippen LogP contribution in [0.1, 0.15) is 51.2 Å². The van der Waals surface area contributed by atoms with Gasteiger partial charge < -0.3 is 14.5 Å². The highest BCUT2D eigenvalue weighted by Gasteiger charge is 2.39. The van der Waals surface area contributed by atoms with Crippen LogP contribution in [0.15, 0.2) is 42.5 Å². The molecule has 0 radical (unpaired) electrons. The van der Waals surface area contributed by atoms with Crippen molar-refractivity contribution in [1.82, 2.24) is 9.80 Å². The first-order valence-corrected chi connectivity index (χ1v) is 13.7. The molecule has 2 heterocycles. The van der Waals surface area contributed by atoms with Crippen molar-refractivity contribution in [1.29, 1.82) is 0 Å². The normalized spacial score (nSPS) is 17.6. The van der Waals surface area contributed by atoms with Gasteiger partial charge in [-0.1, -0.05) is 32.9 Å². The Hall–Kier alpha value is -3.34. The van der Waals surface area contributed by atoms with Crippen molar-refractivity contribution in [2.75, 3.05) is 50.7 Å². The van der Waals surface area contributed by atoms with E-state index in [1.807, 2.05) is 0 Å². The number of nitro groups is 1. The molecule has 0 bridgehead atoms. The lowest BCUT2D eigenvalue weighted by Crippen LogP contribution is -2.48. The quantitative estimate of drug-likeness (QED) is 0.328. The van der Waals surface area contributed by atoms with Gasteiger partial charge in [0.05, 0.1) is 4.92 Å². The number of alkyl halides is 3. The minimum absolute atomic E-state index is 0.0630. The van der Waals surface area contributed by atoms with E-state index in [2.05, 4.69) is 54.8 Å². The molecule has 0 saturated carbocycles. The average Bonchev–Trinajstić information content (AvgIpc) is 2.91. The first-order chi connectivity index (χ1) is 18.8. The van der Waals surface area contributed by atoms with E-state index in [9.17, 15) is 28.1 Å². The van der Waals surface area contributed by atoms with Crippen molar-refractivity contribution in [3.05, 3.63) is 63.7 Å². The summed E-state index contributed by atoms with van der Waals surface area (Å²) in [4.78, 5) is 29.2. The molecule has 2 aliphatic rings. The maximum absolute atomic E-state index is 13.3. The first kappa shape index (κ1) is 29.6. The van der Waals surface area contributed by atoms with Gasteiger partial charge in [0.25, 0.3) is 5.69 Å². The molecule has 0 aliphatic carbocycles. The topological polar surface area (TPSA) is 79.2 Å². The molecule has 0 atom stereocenters. The zero-order valence-corrected chi connectivity index (χ0v) is 23.2. The summed E-state index contributed by atoms with van der Waals surface area (Å²) in [5.41, 5.74) is 0.321. The zero-order valence-electron chi connectivity index (χ0n) is 23.2. The van der Waals surface area contributed by atoms with E-state index in [4.69, 9.17) is 4.74 Å². The van der Waals surface area contributed by atoms with Gasteiger partial charge in [-0.25, -0.2) is 0 Å². The van der Waals surface area contributed by atoms with Crippen molar-refractivity contribution in [3.63, 3.8) is 0 Å². The maximum Gasteiger partial charge on any atom is 0.423 e. The number of amides is 1. The van der Waals surface area contributed by atoms with Crippen LogP contribution in [0.5, 0.6) is 5.75 Å². The Morgan fingerprint density at radius 3 is 2.15 bits per heavy atom. The molecule has 11 heteroatoms. The molecule has 0 spiro atoms. The summed E-state index contributed by atoms with van der Waals surface area (Å²) in [7, 11) is 0. The molecule has 40 heavy (non-hydrogen) atoms. The highest BCUT2D eigenvalue weighted by Crippen LogP contribution is 2.38. The van der Waals surface area contributed by atoms with Crippen LogP contribution >= 0.6 is 0 Å². The van der Waals surface area contributed by atoms with Gasteiger partial charge in [0, 0.05) is 76.8 Å². The second-order valence-electron chi connectivity index (χ2n) is 11.5. The Kier molecular flexibility index (Phi) is 8.92. The summed E-state index contributed by atoms with van der Waals surface area (Å²) in [6, 6.07) is 11.4. The largest absolute Gasteiger partial charge is 0.490 e. The third-order valence-electron chi connectivity index (χ3n) is 7.68. The molecule has 2 aliphatic heterocycles. The highest BCUT2D eigenvalue weighted by atomic mass is 19.4. The number of piperazine rings is 1. The first-order valence-electron chi connectivity index (χ1n) is 13.7. The smallest absolute Gasteiger partial charge is 0.423 e. The minimum atomic E-state index is -4.86. The van der Waals surface area contributed by atoms with Gasteiger partial charge in [-0.05, 0) is 35.2 Å². The fourth-order valence-corrected chi connectivity index (χ4v) is 5.20. The number of hydrogen-bond donors (Lipinski definition) is 0. The van der Waals surface area contributed by atoms with Crippen molar-refractivity contribution in [2.45, 2.75) is 57.7 Å². The van der Waals surface area contributed by atoms with E-state index in [1.165, 1.54) is 17.3 Å². The number of benzene rings is 2. The Labute approximate surface area is 232 Å². The van der Waals surface area contributed by atoms with E-state index >= 15 is 0 Å². The number of likely N-dealkylation sites (tertiary alicyclic amines) is 1. The molecule has 2 saturated heterocycles. The number of rotatable bonds is 7. The number of nitro benzene ring substituents is 1. The van der Waals surface area contributed by atoms with Crippen molar-refractivity contribution >= 4 is 17.3 Å². The lowest BCUT2D eigenvalue weighted by molar-refractivity contribution is -0.388. The molecular weight excluding hydrogens is 525 g/mol. The standard InChI is InChI=1S/C29H37F3N4O4/c1-28(2,3)21-4-6-22(7-5-21)34-18-16-33(17-19-34)13-12-27(37)35-14-10-23(11-15-35)40-24-8-9-26(36(38)39)25(20-24)29(30,31)32/h4-9,20,23H,10-19H2,1-3H3. The fourth-order valence-electron chi connectivity index (χ4n) is 5.20. The van der Waals surface area contributed by atoms with E-state index in [1.54, 1.807) is 4.90 Å². The van der Waals surface area contributed by atoms with Gasteiger partial charge in [-0.3, -0.25) is 19.8 Å². The van der Waals surface area contributed by atoms with E-state index < -0.39 is 22.4 Å². The van der Waals surface area contributed by atoms with Gasteiger partial charge in [-0.15, -0.1) is 0 Å². The number of piperidine rings is 1. The van der Waals surface area contributed by atoms with E-state index in [0.29, 0.717) is 45.0 Å². The molecule has 2 aromatic rings. The average molecular weight is 563 g/mol. The lowest BCUT2D eigenvalue weighted by atomic mass is 9.87. The Morgan fingerprint density at radius 2 is 1.60 bits per heavy atom. The molecule has 0 unspecified atom stereocenters. The number of nitrogens with zero attached hydrogens (tertiary/aromatic N) is 4. The predicted octanol–water partition coefficient (Wildman–Crippen LogP) is 5.49. The molecule has 2 aromatic carbocycles. The number of anilines is 1. The Balaban J connectivity index is 1.19. The predicted molar refractivity (Wildman–Crippen MR) is 147 cm³/mol. The molecule has 4 rings (SSSR count). The van der Waals surface area contributed by atoms with Crippen LogP contribution < -0.4 is 9.64 Å². The number of hydrogen-bond acceptors (Lipinski definition) is 6. The van der Waals surface area contributed by atoms with Gasteiger partial charge in [0.1, 0.15) is 17.4 Å². The maximum atomic E-state index is 13.3. The fraction of sp³-hybridized carbons (Fsp3) is 0.552. The number of carbonyl (C=O) groups excluding carboxylic acids is 1. The van der Waals surface area contributed by atoms with E-state index in [0.717, 1.165) is 32.2 Å². The third kappa shape index (κ3) is 7.44. The molecule has 0 aromatic heterocycles. The van der Waals surface area contributed by atoms with Gasteiger partial charge >= 0.3 is 6.18 Å². The number of ether oxygens (including phenoxy) is 1. The van der Waals surface area contributed by atoms with Crippen LogP contribution in [0.4, 0.5) is 24.5 Å². The van der Waals surface area contributed by atoms with Gasteiger partial charge in [0.15, 0.2) is 0 Å². The molecule has 218 valence electrons. The number of halogens is 3. The van der Waals surface area contributed by atoms with Crippen LogP contribution in [0.25, 0.3) is 0 Å². The van der Waals surface area contributed by atoms with Crippen molar-refractivity contribution in [2.24, 2.45) is 0 Å². The molecule has 0 N–H and O–H groups in total. The number of carbonyl (C=O) groups is 1. The van der Waals surface area contributed by atoms with Crippen molar-refractivity contribution < 1.29 is 27.6 Å². The molecule has 1 amide bonds. The summed E-state index contributed by atoms with van der Waals surface area (Å²) in [6.07, 6.45) is -3.84. The summed E-state index contributed by atoms with van der Waals surface area (Å²) in [6.45, 7) is 11.8. The SMILES string of the molecule is CC(C)(C)c1ccc(N2CCN(CCC(=O)N3CCC(Oc4ccc([N+](=O)[O-])c(C(F)(F)F)c4)CC3)CC2)cc1. The van der Waals surface area contributed by atoms with Crippen LogP contribution in [-0.2, 0) is 16.4 Å². The van der Waals surface area contributed by atoms with Crippen LogP contribution in [-0.4, -0.2) is 72.5 Å². The zero-order chi connectivity index (χ0) is 29.1. The van der Waals surface area contributed by atoms with Crippen LogP contribution in [0.2, 0.25) is 0 Å². The van der Waals surface area contributed by atoms with Crippen LogP contribution in [0.3, 0.4) is 0 Å². The Morgan fingerprint density at radius 1 is 0.975 bits per heavy atom. The summed E-state index contributed by atoms with van der Waals surface area (Å²) >= 11 is 0. The van der Waals surface area contributed by atoms with E-state index in [-0.39, 0.29) is 23.2 Å². The van der Waals surface area contributed by atoms with Crippen molar-refractivity contribution in [3.8, 4) is 5.75 Å². The van der Waals surface area contributed by atoms with Gasteiger partial charge in [-0.2, -0.15) is 13.2 Å². The van der Waals surface area contributed by atoms with Gasteiger partial charge in [0.2, 0.25) is 5.91 Å². The summed E-state index contributed by atoms with van der Waals surface area (Å²) in [5, 5.41) is 11.0.